The molecule has 5 rings (SSSR count). The molecule has 0 spiro atoms. The third-order valence-corrected chi connectivity index (χ3v) is 6.92. The molecule has 186 valence electrons. The molecular formula is C20H21F3N8O3S. The zero-order valence-electron chi connectivity index (χ0n) is 18.6. The van der Waals surface area contributed by atoms with Gasteiger partial charge in [-0.2, -0.15) is 18.2 Å². The number of carbonyl (C=O) groups is 2. The number of alkyl halides is 3. The van der Waals surface area contributed by atoms with Gasteiger partial charge in [-0.05, 0) is 12.5 Å². The van der Waals surface area contributed by atoms with E-state index in [1.165, 1.54) is 11.3 Å². The van der Waals surface area contributed by atoms with E-state index in [9.17, 15) is 27.9 Å². The van der Waals surface area contributed by atoms with Crippen molar-refractivity contribution < 1.29 is 27.9 Å². The zero-order chi connectivity index (χ0) is 24.9. The van der Waals surface area contributed by atoms with Gasteiger partial charge >= 0.3 is 12.2 Å². The first-order valence-corrected chi connectivity index (χ1v) is 11.8. The molecular weight excluding hydrogens is 489 g/mol. The lowest BCUT2D eigenvalue weighted by Crippen LogP contribution is -2.37. The number of nitrogens with zero attached hydrogens (tertiary/aromatic N) is 8. The van der Waals surface area contributed by atoms with Crippen molar-refractivity contribution in [3.63, 3.8) is 0 Å². The summed E-state index contributed by atoms with van der Waals surface area (Å²) < 4.78 is 40.8. The summed E-state index contributed by atoms with van der Waals surface area (Å²) in [5.74, 6) is -0.876. The standard InChI is InChI=1S/C20H21F3N8O3S/c1-2-3-11-8-12-15(28-4-5-29-13(9-28)26-27-17(29)20(21,22)23)24-18(25-16(12)35-11)31-10-14(33)30(6-7-32)19(31)34/h8,32H,2-7,9-10H2,1H3. The summed E-state index contributed by atoms with van der Waals surface area (Å²) in [6, 6.07) is 1.32. The summed E-state index contributed by atoms with van der Waals surface area (Å²) in [6.07, 6.45) is -2.89. The van der Waals surface area contributed by atoms with Gasteiger partial charge in [-0.25, -0.2) is 9.78 Å². The molecule has 0 unspecified atom stereocenters. The van der Waals surface area contributed by atoms with Gasteiger partial charge in [-0.15, -0.1) is 21.5 Å². The predicted octanol–water partition coefficient (Wildman–Crippen LogP) is 2.04. The average Bonchev–Trinajstić information content (AvgIpc) is 3.49. The Bertz CT molecular complexity index is 1310. The van der Waals surface area contributed by atoms with Gasteiger partial charge in [0.1, 0.15) is 17.2 Å². The van der Waals surface area contributed by atoms with E-state index in [0.29, 0.717) is 10.6 Å². The fraction of sp³-hybridized carbons (Fsp3) is 0.500. The molecule has 0 aromatic carbocycles. The van der Waals surface area contributed by atoms with Crippen LogP contribution in [0, 0.1) is 0 Å². The number of β-amino-alcohol motifs (C(OH)–C–C–N with tert-alkyl or cyclic N) is 1. The largest absolute Gasteiger partial charge is 0.451 e. The van der Waals surface area contributed by atoms with E-state index in [1.807, 2.05) is 13.0 Å². The highest BCUT2D eigenvalue weighted by atomic mass is 32.1. The third kappa shape index (κ3) is 4.07. The molecule has 3 aromatic heterocycles. The van der Waals surface area contributed by atoms with Gasteiger partial charge in [-0.3, -0.25) is 14.6 Å². The van der Waals surface area contributed by atoms with Crippen molar-refractivity contribution in [1.82, 2.24) is 29.6 Å². The number of thiophene rings is 1. The quantitative estimate of drug-likeness (QED) is 0.501. The van der Waals surface area contributed by atoms with Crippen LogP contribution >= 0.6 is 11.3 Å². The molecule has 2 aliphatic rings. The normalized spacial score (nSPS) is 16.7. The number of hydrogen-bond donors (Lipinski definition) is 1. The van der Waals surface area contributed by atoms with Crippen LogP contribution in [0.25, 0.3) is 10.2 Å². The molecule has 11 nitrogen and oxygen atoms in total. The highest BCUT2D eigenvalue weighted by Gasteiger charge is 2.41. The number of imide groups is 1. The molecule has 1 fully saturated rings. The van der Waals surface area contributed by atoms with E-state index in [1.54, 1.807) is 4.90 Å². The molecule has 5 heterocycles. The minimum atomic E-state index is -4.60. The molecule has 3 aromatic rings. The number of aliphatic hydroxyl groups excluding tert-OH is 1. The average molecular weight is 511 g/mol. The number of aryl methyl sites for hydroxylation is 1. The van der Waals surface area contributed by atoms with Gasteiger partial charge in [-0.1, -0.05) is 13.3 Å². The summed E-state index contributed by atoms with van der Waals surface area (Å²) in [6.45, 7) is 1.54. The van der Waals surface area contributed by atoms with Crippen molar-refractivity contribution in [3.8, 4) is 0 Å². The lowest BCUT2D eigenvalue weighted by atomic mass is 10.2. The fourth-order valence-electron chi connectivity index (χ4n) is 4.24. The third-order valence-electron chi connectivity index (χ3n) is 5.84. The van der Waals surface area contributed by atoms with Crippen molar-refractivity contribution in [1.29, 1.82) is 0 Å². The Morgan fingerprint density at radius 3 is 2.66 bits per heavy atom. The predicted molar refractivity (Wildman–Crippen MR) is 119 cm³/mol. The zero-order valence-corrected chi connectivity index (χ0v) is 19.4. The van der Waals surface area contributed by atoms with Crippen LogP contribution < -0.4 is 9.80 Å². The first-order valence-electron chi connectivity index (χ1n) is 11.0. The van der Waals surface area contributed by atoms with Crippen LogP contribution in [-0.2, 0) is 30.5 Å². The van der Waals surface area contributed by atoms with Crippen molar-refractivity contribution in [3.05, 3.63) is 22.6 Å². The second-order valence-corrected chi connectivity index (χ2v) is 9.29. The topological polar surface area (TPSA) is 121 Å². The maximum atomic E-state index is 13.3. The number of urea groups is 1. The van der Waals surface area contributed by atoms with E-state index < -0.39 is 23.9 Å². The SMILES string of the molecule is CCCc1cc2c(N3CCn4c(nnc4C(F)(F)F)C3)nc(N3CC(=O)N(CCO)C3=O)nc2s1. The van der Waals surface area contributed by atoms with Crippen LogP contribution in [0.1, 0.15) is 29.9 Å². The minimum Gasteiger partial charge on any atom is -0.395 e. The monoisotopic (exact) mass is 510 g/mol. The summed E-state index contributed by atoms with van der Waals surface area (Å²) >= 11 is 1.44. The van der Waals surface area contributed by atoms with Gasteiger partial charge in [0.05, 0.1) is 25.1 Å². The summed E-state index contributed by atoms with van der Waals surface area (Å²) in [5, 5.41) is 17.0. The lowest BCUT2D eigenvalue weighted by molar-refractivity contribution is -0.147. The number of hydrogen-bond acceptors (Lipinski definition) is 9. The second-order valence-electron chi connectivity index (χ2n) is 8.18. The molecule has 1 N–H and O–H groups in total. The minimum absolute atomic E-state index is 0.00929. The lowest BCUT2D eigenvalue weighted by Gasteiger charge is -2.29. The molecule has 0 aliphatic carbocycles. The maximum Gasteiger partial charge on any atom is 0.451 e. The number of rotatable bonds is 6. The van der Waals surface area contributed by atoms with Crippen molar-refractivity contribution in [2.75, 3.05) is 36.0 Å². The van der Waals surface area contributed by atoms with Crippen LogP contribution in [0.2, 0.25) is 0 Å². The molecule has 15 heteroatoms. The van der Waals surface area contributed by atoms with Crippen LogP contribution in [0.5, 0.6) is 0 Å². The maximum absolute atomic E-state index is 13.3. The summed E-state index contributed by atoms with van der Waals surface area (Å²) in [7, 11) is 0. The number of carbonyl (C=O) groups excluding carboxylic acids is 2. The van der Waals surface area contributed by atoms with E-state index in [-0.39, 0.29) is 51.1 Å². The Labute approximate surface area is 200 Å². The molecule has 0 saturated carbocycles. The highest BCUT2D eigenvalue weighted by molar-refractivity contribution is 7.18. The number of amides is 3. The fourth-order valence-corrected chi connectivity index (χ4v) is 5.36. The number of aromatic nitrogens is 5. The molecule has 0 radical (unpaired) electrons. The van der Waals surface area contributed by atoms with Gasteiger partial charge in [0, 0.05) is 18.0 Å². The van der Waals surface area contributed by atoms with Crippen LogP contribution in [0.4, 0.5) is 29.7 Å². The number of anilines is 2. The second kappa shape index (κ2) is 8.71. The molecule has 35 heavy (non-hydrogen) atoms. The van der Waals surface area contributed by atoms with Crippen LogP contribution in [0.15, 0.2) is 6.07 Å². The Balaban J connectivity index is 1.55. The Kier molecular flexibility index (Phi) is 5.83. The molecule has 0 bridgehead atoms. The molecule has 1 saturated heterocycles. The first kappa shape index (κ1) is 23.4. The van der Waals surface area contributed by atoms with Gasteiger partial charge in [0.15, 0.2) is 5.82 Å². The summed E-state index contributed by atoms with van der Waals surface area (Å²) in [4.78, 5) is 39.8. The Morgan fingerprint density at radius 2 is 1.94 bits per heavy atom. The van der Waals surface area contributed by atoms with Gasteiger partial charge in [0.2, 0.25) is 11.8 Å². The summed E-state index contributed by atoms with van der Waals surface area (Å²) in [5.41, 5.74) is 0. The van der Waals surface area contributed by atoms with Crippen LogP contribution in [-0.4, -0.2) is 72.9 Å². The number of fused-ring (bicyclic) bond motifs is 2. The van der Waals surface area contributed by atoms with Crippen LogP contribution in [0.3, 0.4) is 0 Å². The van der Waals surface area contributed by atoms with Gasteiger partial charge in [0.25, 0.3) is 5.91 Å². The molecule has 0 atom stereocenters. The number of halogens is 3. The van der Waals surface area contributed by atoms with E-state index >= 15 is 0 Å². The highest BCUT2D eigenvalue weighted by Crippen LogP contribution is 2.36. The smallest absolute Gasteiger partial charge is 0.395 e. The van der Waals surface area contributed by atoms with Crippen molar-refractivity contribution >= 4 is 45.3 Å². The Morgan fingerprint density at radius 1 is 1.14 bits per heavy atom. The molecule has 2 aliphatic heterocycles. The first-order chi connectivity index (χ1) is 16.7. The van der Waals surface area contributed by atoms with Gasteiger partial charge < -0.3 is 14.6 Å². The number of aliphatic hydroxyl groups is 1. The van der Waals surface area contributed by atoms with E-state index in [2.05, 4.69) is 20.2 Å². The van der Waals surface area contributed by atoms with Crippen molar-refractivity contribution in [2.45, 2.75) is 39.0 Å². The van der Waals surface area contributed by atoms with E-state index in [4.69, 9.17) is 0 Å². The van der Waals surface area contributed by atoms with E-state index in [0.717, 1.165) is 37.5 Å². The Hall–Kier alpha value is -3.33. The van der Waals surface area contributed by atoms with Crippen molar-refractivity contribution in [2.24, 2.45) is 0 Å². The molecule has 3 amide bonds.